The zero-order valence-corrected chi connectivity index (χ0v) is 17.2. The van der Waals surface area contributed by atoms with Gasteiger partial charge in [0, 0.05) is 0 Å². The lowest BCUT2D eigenvalue weighted by Gasteiger charge is -2.15. The Labute approximate surface area is 168 Å². The van der Waals surface area contributed by atoms with Gasteiger partial charge in [-0.25, -0.2) is 0 Å². The van der Waals surface area contributed by atoms with Crippen molar-refractivity contribution < 1.29 is 22.8 Å². The molecule has 0 atom stereocenters. The molecule has 0 aliphatic carbocycles. The monoisotopic (exact) mass is 406 g/mol. The molecule has 2 rings (SSSR count). The van der Waals surface area contributed by atoms with Crippen LogP contribution in [-0.4, -0.2) is 18.1 Å². The second-order valence-electron chi connectivity index (χ2n) is 7.02. The van der Waals surface area contributed by atoms with Gasteiger partial charge in [-0.05, 0) is 36.6 Å². The van der Waals surface area contributed by atoms with Crippen LogP contribution in [0.15, 0.2) is 47.4 Å². The molecule has 0 fully saturated rings. The van der Waals surface area contributed by atoms with Gasteiger partial charge in [0.1, 0.15) is 10.6 Å². The van der Waals surface area contributed by atoms with E-state index in [4.69, 9.17) is 4.74 Å². The number of phenols is 1. The van der Waals surface area contributed by atoms with Crippen LogP contribution in [0.1, 0.15) is 63.9 Å². The zero-order valence-electron chi connectivity index (χ0n) is 16.4. The van der Waals surface area contributed by atoms with E-state index < -0.39 is 10.1 Å². The van der Waals surface area contributed by atoms with Crippen LogP contribution < -0.4 is 4.74 Å². The van der Waals surface area contributed by atoms with Gasteiger partial charge in [-0.2, -0.15) is 8.42 Å². The fourth-order valence-corrected chi connectivity index (χ4v) is 4.11. The summed E-state index contributed by atoms with van der Waals surface area (Å²) in [7, 11) is -4.55. The Morgan fingerprint density at radius 1 is 0.857 bits per heavy atom. The maximum absolute atomic E-state index is 12.0. The Kier molecular flexibility index (Phi) is 8.80. The van der Waals surface area contributed by atoms with Gasteiger partial charge in [0.2, 0.25) is 0 Å². The minimum absolute atomic E-state index is 0.231. The van der Waals surface area contributed by atoms with E-state index in [-0.39, 0.29) is 16.4 Å². The SMILES string of the molecule is CCCCCCCCCCc1ccc(O)c(Oc2ccccc2)c1S(=O)(=O)O. The van der Waals surface area contributed by atoms with Crippen LogP contribution in [0.3, 0.4) is 0 Å². The van der Waals surface area contributed by atoms with Gasteiger partial charge < -0.3 is 9.84 Å². The standard InChI is InChI=1S/C22H30O5S/c1-2-3-4-5-6-7-8-10-13-18-16-17-20(23)21(22(18)28(24,25)26)27-19-14-11-9-12-15-19/h9,11-12,14-17,23H,2-8,10,13H2,1H3,(H,24,25,26). The van der Waals surface area contributed by atoms with Gasteiger partial charge >= 0.3 is 0 Å². The van der Waals surface area contributed by atoms with E-state index in [1.165, 1.54) is 44.2 Å². The van der Waals surface area contributed by atoms with Crippen molar-refractivity contribution in [2.75, 3.05) is 0 Å². The summed E-state index contributed by atoms with van der Waals surface area (Å²) >= 11 is 0. The molecule has 0 amide bonds. The Hall–Kier alpha value is -2.05. The third-order valence-corrected chi connectivity index (χ3v) is 5.66. The van der Waals surface area contributed by atoms with E-state index in [9.17, 15) is 18.1 Å². The van der Waals surface area contributed by atoms with Crippen molar-refractivity contribution in [2.45, 2.75) is 69.6 Å². The predicted octanol–water partition coefficient (Wildman–Crippen LogP) is 6.11. The summed E-state index contributed by atoms with van der Waals surface area (Å²) in [6.45, 7) is 2.19. The van der Waals surface area contributed by atoms with Gasteiger partial charge in [-0.3, -0.25) is 4.55 Å². The van der Waals surface area contributed by atoms with E-state index in [0.717, 1.165) is 19.3 Å². The summed E-state index contributed by atoms with van der Waals surface area (Å²) in [5, 5.41) is 10.2. The third-order valence-electron chi connectivity index (χ3n) is 4.69. The van der Waals surface area contributed by atoms with Crippen molar-refractivity contribution in [3.05, 3.63) is 48.0 Å². The lowest BCUT2D eigenvalue weighted by molar-refractivity contribution is 0.395. The van der Waals surface area contributed by atoms with Crippen LogP contribution in [-0.2, 0) is 16.5 Å². The van der Waals surface area contributed by atoms with E-state index in [0.29, 0.717) is 17.7 Å². The van der Waals surface area contributed by atoms with Crippen molar-refractivity contribution >= 4 is 10.1 Å². The first-order valence-corrected chi connectivity index (χ1v) is 11.4. The molecule has 0 aliphatic heterocycles. The van der Waals surface area contributed by atoms with Crippen molar-refractivity contribution in [1.29, 1.82) is 0 Å². The first-order valence-electron chi connectivity index (χ1n) is 9.98. The first kappa shape index (κ1) is 22.2. The van der Waals surface area contributed by atoms with E-state index in [1.807, 2.05) is 0 Å². The Morgan fingerprint density at radius 3 is 2.07 bits per heavy atom. The fourth-order valence-electron chi connectivity index (χ4n) is 3.23. The molecule has 0 bridgehead atoms. The molecule has 154 valence electrons. The smallest absolute Gasteiger partial charge is 0.298 e. The number of rotatable bonds is 12. The lowest BCUT2D eigenvalue weighted by atomic mass is 10.0. The van der Waals surface area contributed by atoms with Crippen molar-refractivity contribution in [3.63, 3.8) is 0 Å². The third kappa shape index (κ3) is 6.84. The highest BCUT2D eigenvalue weighted by atomic mass is 32.2. The largest absolute Gasteiger partial charge is 0.504 e. The summed E-state index contributed by atoms with van der Waals surface area (Å²) < 4.78 is 39.4. The topological polar surface area (TPSA) is 83.8 Å². The maximum Gasteiger partial charge on any atom is 0.298 e. The number of unbranched alkanes of at least 4 members (excludes halogenated alkanes) is 7. The molecule has 0 saturated carbocycles. The van der Waals surface area contributed by atoms with Crippen molar-refractivity contribution in [3.8, 4) is 17.2 Å². The summed E-state index contributed by atoms with van der Waals surface area (Å²) in [6.07, 6.45) is 9.59. The number of ether oxygens (including phenoxy) is 1. The van der Waals surface area contributed by atoms with Crippen LogP contribution in [0.5, 0.6) is 17.2 Å². The number of hydrogen-bond acceptors (Lipinski definition) is 4. The van der Waals surface area contributed by atoms with Gasteiger partial charge in [0.25, 0.3) is 10.1 Å². The highest BCUT2D eigenvalue weighted by Gasteiger charge is 2.25. The van der Waals surface area contributed by atoms with Gasteiger partial charge in [0.05, 0.1) is 0 Å². The summed E-state index contributed by atoms with van der Waals surface area (Å²) in [6, 6.07) is 11.5. The highest BCUT2D eigenvalue weighted by Crippen LogP contribution is 2.39. The number of aryl methyl sites for hydroxylation is 1. The molecule has 2 N–H and O–H groups in total. The molecule has 0 unspecified atom stereocenters. The second kappa shape index (κ2) is 11.1. The molecule has 5 nitrogen and oxygen atoms in total. The molecule has 2 aromatic rings. The molecule has 28 heavy (non-hydrogen) atoms. The number of para-hydroxylation sites is 1. The Bertz CT molecular complexity index is 832. The van der Waals surface area contributed by atoms with Gasteiger partial charge in [-0.15, -0.1) is 0 Å². The molecule has 0 aromatic heterocycles. The average molecular weight is 407 g/mol. The molecule has 0 radical (unpaired) electrons. The van der Waals surface area contributed by atoms with Crippen molar-refractivity contribution in [2.24, 2.45) is 0 Å². The van der Waals surface area contributed by atoms with Crippen LogP contribution in [0.4, 0.5) is 0 Å². The fraction of sp³-hybridized carbons (Fsp3) is 0.455. The highest BCUT2D eigenvalue weighted by molar-refractivity contribution is 7.86. The van der Waals surface area contributed by atoms with E-state index >= 15 is 0 Å². The molecule has 0 heterocycles. The molecule has 0 spiro atoms. The second-order valence-corrected chi connectivity index (χ2v) is 8.38. The molecule has 0 aliphatic rings. The maximum atomic E-state index is 12.0. The molecule has 6 heteroatoms. The Morgan fingerprint density at radius 2 is 1.46 bits per heavy atom. The quantitative estimate of drug-likeness (QED) is 0.328. The summed E-state index contributed by atoms with van der Waals surface area (Å²) in [5.41, 5.74) is 0.456. The van der Waals surface area contributed by atoms with Crippen LogP contribution in [0, 0.1) is 0 Å². The normalized spacial score (nSPS) is 11.5. The first-order chi connectivity index (χ1) is 13.4. The Balaban J connectivity index is 2.09. The number of aromatic hydroxyl groups is 1. The van der Waals surface area contributed by atoms with E-state index in [1.54, 1.807) is 30.3 Å². The summed E-state index contributed by atoms with van der Waals surface area (Å²) in [4.78, 5) is -0.348. The number of benzene rings is 2. The van der Waals surface area contributed by atoms with Crippen LogP contribution in [0.25, 0.3) is 0 Å². The minimum atomic E-state index is -4.55. The molecule has 0 saturated heterocycles. The zero-order chi connectivity index (χ0) is 20.4. The van der Waals surface area contributed by atoms with Crippen LogP contribution >= 0.6 is 0 Å². The minimum Gasteiger partial charge on any atom is -0.504 e. The molecular formula is C22H30O5S. The molecule has 2 aromatic carbocycles. The van der Waals surface area contributed by atoms with Crippen LogP contribution in [0.2, 0.25) is 0 Å². The predicted molar refractivity (Wildman–Crippen MR) is 111 cm³/mol. The molecular weight excluding hydrogens is 376 g/mol. The lowest BCUT2D eigenvalue weighted by Crippen LogP contribution is -2.06. The summed E-state index contributed by atoms with van der Waals surface area (Å²) in [5.74, 6) is -0.172. The van der Waals surface area contributed by atoms with Crippen molar-refractivity contribution in [1.82, 2.24) is 0 Å². The van der Waals surface area contributed by atoms with Gasteiger partial charge in [0.15, 0.2) is 11.5 Å². The number of hydrogen-bond donors (Lipinski definition) is 2. The van der Waals surface area contributed by atoms with E-state index in [2.05, 4.69) is 6.92 Å². The number of phenolic OH excluding ortho intramolecular Hbond substituents is 1. The average Bonchev–Trinajstić information content (AvgIpc) is 2.66. The van der Waals surface area contributed by atoms with Gasteiger partial charge in [-0.1, -0.05) is 76.1 Å².